The first kappa shape index (κ1) is 16.4. The summed E-state index contributed by atoms with van der Waals surface area (Å²) in [5, 5.41) is 3.08. The molecule has 0 saturated heterocycles. The van der Waals surface area contributed by atoms with E-state index in [2.05, 4.69) is 10.3 Å². The monoisotopic (exact) mass is 344 g/mol. The molecule has 0 saturated carbocycles. The van der Waals surface area contributed by atoms with Crippen molar-refractivity contribution in [1.29, 1.82) is 0 Å². The number of aromatic nitrogens is 1. The van der Waals surface area contributed by atoms with Crippen LogP contribution in [0.15, 0.2) is 58.0 Å². The van der Waals surface area contributed by atoms with Gasteiger partial charge in [-0.2, -0.15) is 0 Å². The van der Waals surface area contributed by atoms with E-state index in [4.69, 9.17) is 4.42 Å². The van der Waals surface area contributed by atoms with Crippen LogP contribution < -0.4 is 5.32 Å². The van der Waals surface area contributed by atoms with E-state index in [0.29, 0.717) is 23.8 Å². The van der Waals surface area contributed by atoms with Crippen molar-refractivity contribution in [3.63, 3.8) is 0 Å². The summed E-state index contributed by atoms with van der Waals surface area (Å²) in [4.78, 5) is 4.62. The highest BCUT2D eigenvalue weighted by atomic mass is 32.2. The molecular formula is C18H17FN2O2S. The summed E-state index contributed by atoms with van der Waals surface area (Å²) < 4.78 is 30.6. The molecule has 3 aromatic rings. The van der Waals surface area contributed by atoms with Crippen LogP contribution in [-0.2, 0) is 17.3 Å². The van der Waals surface area contributed by atoms with Gasteiger partial charge < -0.3 is 9.73 Å². The van der Waals surface area contributed by atoms with E-state index in [1.807, 2.05) is 31.2 Å². The van der Waals surface area contributed by atoms with Crippen molar-refractivity contribution >= 4 is 16.5 Å². The van der Waals surface area contributed by atoms with Crippen LogP contribution in [0, 0.1) is 12.7 Å². The Balaban J connectivity index is 1.68. The normalized spacial score (nSPS) is 12.1. The van der Waals surface area contributed by atoms with Gasteiger partial charge in [0.2, 0.25) is 5.89 Å². The fourth-order valence-corrected chi connectivity index (χ4v) is 2.85. The molecule has 2 aromatic carbocycles. The summed E-state index contributed by atoms with van der Waals surface area (Å²) in [6.45, 7) is 2.43. The Hall–Kier alpha value is -2.47. The summed E-state index contributed by atoms with van der Waals surface area (Å²) >= 11 is 0. The Morgan fingerprint density at radius 3 is 2.62 bits per heavy atom. The average Bonchev–Trinajstić information content (AvgIpc) is 3.02. The largest absolute Gasteiger partial charge is 0.444 e. The lowest BCUT2D eigenvalue weighted by molar-refractivity contribution is 0.573. The number of nitrogens with one attached hydrogen (secondary N) is 1. The highest BCUT2D eigenvalue weighted by Crippen LogP contribution is 2.21. The number of benzene rings is 2. The van der Waals surface area contributed by atoms with E-state index in [9.17, 15) is 8.60 Å². The minimum atomic E-state index is -1.34. The highest BCUT2D eigenvalue weighted by Gasteiger charge is 2.09. The molecule has 0 fully saturated rings. The Bertz CT molecular complexity index is 875. The van der Waals surface area contributed by atoms with Crippen LogP contribution in [0.5, 0.6) is 0 Å². The standard InChI is InChI=1S/C18H17FN2O2S/c1-12-3-5-13(6-4-12)18-21-15(11-23-18)10-20-14-7-8-17(24(2)22)16(19)9-14/h3-9,11,20H,10H2,1-2H3. The molecular weight excluding hydrogens is 327 g/mol. The summed E-state index contributed by atoms with van der Waals surface area (Å²) in [5.41, 5.74) is 3.40. The lowest BCUT2D eigenvalue weighted by Gasteiger charge is -2.06. The van der Waals surface area contributed by atoms with Crippen molar-refractivity contribution in [2.24, 2.45) is 0 Å². The SMILES string of the molecule is Cc1ccc(-c2nc(CNc3ccc(S(C)=O)c(F)c3)co2)cc1. The number of hydrogen-bond acceptors (Lipinski definition) is 4. The summed E-state index contributed by atoms with van der Waals surface area (Å²) in [7, 11) is -1.34. The predicted molar refractivity (Wildman–Crippen MR) is 92.7 cm³/mol. The summed E-state index contributed by atoms with van der Waals surface area (Å²) in [5.74, 6) is 0.0658. The van der Waals surface area contributed by atoms with Crippen LogP contribution in [-0.4, -0.2) is 15.4 Å². The van der Waals surface area contributed by atoms with Gasteiger partial charge in [0.05, 0.1) is 27.9 Å². The minimum Gasteiger partial charge on any atom is -0.444 e. The zero-order valence-corrected chi connectivity index (χ0v) is 14.2. The van der Waals surface area contributed by atoms with Crippen LogP contribution >= 0.6 is 0 Å². The number of anilines is 1. The molecule has 0 aliphatic carbocycles. The molecule has 124 valence electrons. The van der Waals surface area contributed by atoms with Gasteiger partial charge in [-0.05, 0) is 37.3 Å². The van der Waals surface area contributed by atoms with Gasteiger partial charge in [0, 0.05) is 17.5 Å². The maximum Gasteiger partial charge on any atom is 0.226 e. The van der Waals surface area contributed by atoms with Crippen LogP contribution in [0.1, 0.15) is 11.3 Å². The second kappa shape index (κ2) is 6.97. The highest BCUT2D eigenvalue weighted by molar-refractivity contribution is 7.84. The van der Waals surface area contributed by atoms with Crippen LogP contribution in [0.2, 0.25) is 0 Å². The maximum absolute atomic E-state index is 13.8. The number of rotatable bonds is 5. The molecule has 1 heterocycles. The molecule has 24 heavy (non-hydrogen) atoms. The zero-order valence-electron chi connectivity index (χ0n) is 13.4. The van der Waals surface area contributed by atoms with E-state index in [-0.39, 0.29) is 4.90 Å². The van der Waals surface area contributed by atoms with Crippen molar-refractivity contribution in [1.82, 2.24) is 4.98 Å². The van der Waals surface area contributed by atoms with Gasteiger partial charge in [0.25, 0.3) is 0 Å². The van der Waals surface area contributed by atoms with E-state index in [1.165, 1.54) is 24.0 Å². The lowest BCUT2D eigenvalue weighted by atomic mass is 10.1. The molecule has 0 bridgehead atoms. The predicted octanol–water partition coefficient (Wildman–Crippen LogP) is 4.14. The molecule has 0 amide bonds. The van der Waals surface area contributed by atoms with Gasteiger partial charge in [0.1, 0.15) is 12.1 Å². The van der Waals surface area contributed by atoms with Gasteiger partial charge in [-0.25, -0.2) is 9.37 Å². The number of halogens is 1. The Labute approximate surface area is 142 Å². The third-order valence-corrected chi connectivity index (χ3v) is 4.52. The zero-order chi connectivity index (χ0) is 17.1. The van der Waals surface area contributed by atoms with Crippen LogP contribution in [0.4, 0.5) is 10.1 Å². The number of hydrogen-bond donors (Lipinski definition) is 1. The first-order chi connectivity index (χ1) is 11.5. The smallest absolute Gasteiger partial charge is 0.226 e. The van der Waals surface area contributed by atoms with E-state index < -0.39 is 16.6 Å². The van der Waals surface area contributed by atoms with Crippen molar-refractivity contribution in [3.8, 4) is 11.5 Å². The van der Waals surface area contributed by atoms with Gasteiger partial charge in [-0.1, -0.05) is 17.7 Å². The van der Waals surface area contributed by atoms with Gasteiger partial charge >= 0.3 is 0 Å². The van der Waals surface area contributed by atoms with E-state index in [0.717, 1.165) is 5.56 Å². The minimum absolute atomic E-state index is 0.198. The molecule has 3 rings (SSSR count). The van der Waals surface area contributed by atoms with Gasteiger partial charge in [0.15, 0.2) is 0 Å². The molecule has 4 nitrogen and oxygen atoms in total. The van der Waals surface area contributed by atoms with Crippen molar-refractivity contribution in [2.45, 2.75) is 18.4 Å². The fourth-order valence-electron chi connectivity index (χ4n) is 2.25. The molecule has 1 aromatic heterocycles. The molecule has 0 aliphatic heterocycles. The number of aryl methyl sites for hydroxylation is 1. The number of oxazole rings is 1. The van der Waals surface area contributed by atoms with Crippen molar-refractivity contribution in [2.75, 3.05) is 11.6 Å². The Kier molecular flexibility index (Phi) is 4.76. The van der Waals surface area contributed by atoms with E-state index in [1.54, 1.807) is 12.3 Å². The van der Waals surface area contributed by atoms with Crippen molar-refractivity contribution in [3.05, 3.63) is 65.8 Å². The molecule has 0 radical (unpaired) electrons. The third-order valence-electron chi connectivity index (χ3n) is 3.57. The molecule has 1 unspecified atom stereocenters. The summed E-state index contributed by atoms with van der Waals surface area (Å²) in [6, 6.07) is 12.5. The second-order valence-corrected chi connectivity index (χ2v) is 6.81. The lowest BCUT2D eigenvalue weighted by Crippen LogP contribution is -2.01. The van der Waals surface area contributed by atoms with Gasteiger partial charge in [-0.3, -0.25) is 4.21 Å². The third kappa shape index (κ3) is 3.71. The summed E-state index contributed by atoms with van der Waals surface area (Å²) in [6.07, 6.45) is 3.03. The quantitative estimate of drug-likeness (QED) is 0.756. The van der Waals surface area contributed by atoms with Crippen LogP contribution in [0.25, 0.3) is 11.5 Å². The molecule has 0 aliphatic rings. The average molecular weight is 344 g/mol. The van der Waals surface area contributed by atoms with Crippen molar-refractivity contribution < 1.29 is 13.0 Å². The maximum atomic E-state index is 13.8. The number of nitrogens with zero attached hydrogens (tertiary/aromatic N) is 1. The van der Waals surface area contributed by atoms with E-state index >= 15 is 0 Å². The Morgan fingerprint density at radius 2 is 1.96 bits per heavy atom. The first-order valence-corrected chi connectivity index (χ1v) is 8.97. The fraction of sp³-hybridized carbons (Fsp3) is 0.167. The topological polar surface area (TPSA) is 55.1 Å². The van der Waals surface area contributed by atoms with Gasteiger partial charge in [-0.15, -0.1) is 0 Å². The molecule has 6 heteroatoms. The second-order valence-electron chi connectivity index (χ2n) is 5.46. The van der Waals surface area contributed by atoms with Crippen LogP contribution in [0.3, 0.4) is 0 Å². The molecule has 1 atom stereocenters. The molecule has 1 N–H and O–H groups in total. The molecule has 0 spiro atoms. The Morgan fingerprint density at radius 1 is 1.21 bits per heavy atom. The first-order valence-electron chi connectivity index (χ1n) is 7.41.